The lowest BCUT2D eigenvalue weighted by Crippen LogP contribution is -2.49. The summed E-state index contributed by atoms with van der Waals surface area (Å²) in [6.07, 6.45) is 3.93. The molecule has 8 nitrogen and oxygen atoms in total. The average Bonchev–Trinajstić information content (AvgIpc) is 2.82. The van der Waals surface area contributed by atoms with Crippen LogP contribution in [-0.4, -0.2) is 40.9 Å². The number of urea groups is 2. The van der Waals surface area contributed by atoms with Crippen LogP contribution < -0.4 is 16.0 Å². The molecule has 0 bridgehead atoms. The standard InChI is InChI=1S/C19H24N4O4/c1-12-6-7-14(13(2)10-12)20-17(26)21-15(24)11-23-16(25)19(22-18(23)27)8-4-3-5-9-19/h6-7,10H,3-5,8-9,11H2,1-2H3,(H,22,27)(H2,20,21,24,26). The number of carbonyl (C=O) groups is 4. The van der Waals surface area contributed by atoms with E-state index in [0.29, 0.717) is 18.5 Å². The molecule has 1 aliphatic carbocycles. The van der Waals surface area contributed by atoms with Gasteiger partial charge in [0.05, 0.1) is 0 Å². The molecule has 0 radical (unpaired) electrons. The van der Waals surface area contributed by atoms with Gasteiger partial charge >= 0.3 is 12.1 Å². The van der Waals surface area contributed by atoms with Gasteiger partial charge in [-0.15, -0.1) is 0 Å². The van der Waals surface area contributed by atoms with Crippen molar-refractivity contribution in [2.75, 3.05) is 11.9 Å². The molecule has 1 heterocycles. The van der Waals surface area contributed by atoms with Gasteiger partial charge < -0.3 is 10.6 Å². The van der Waals surface area contributed by atoms with Gasteiger partial charge in [0.25, 0.3) is 5.91 Å². The minimum Gasteiger partial charge on any atom is -0.323 e. The molecule has 1 spiro atoms. The molecule has 1 aromatic carbocycles. The molecule has 3 N–H and O–H groups in total. The van der Waals surface area contributed by atoms with Crippen LogP contribution >= 0.6 is 0 Å². The quantitative estimate of drug-likeness (QED) is 0.707. The van der Waals surface area contributed by atoms with Crippen molar-refractivity contribution in [3.8, 4) is 0 Å². The number of rotatable bonds is 3. The fraction of sp³-hybridized carbons (Fsp3) is 0.474. The Hall–Kier alpha value is -2.90. The number of hydrogen-bond acceptors (Lipinski definition) is 4. The molecule has 3 rings (SSSR count). The third kappa shape index (κ3) is 3.94. The summed E-state index contributed by atoms with van der Waals surface area (Å²) in [5.41, 5.74) is 1.63. The van der Waals surface area contributed by atoms with Gasteiger partial charge in [0.1, 0.15) is 12.1 Å². The van der Waals surface area contributed by atoms with Gasteiger partial charge in [0, 0.05) is 5.69 Å². The van der Waals surface area contributed by atoms with Crippen LogP contribution in [0.5, 0.6) is 0 Å². The smallest absolute Gasteiger partial charge is 0.323 e. The second kappa shape index (κ2) is 7.38. The molecular weight excluding hydrogens is 348 g/mol. The highest BCUT2D eigenvalue weighted by Crippen LogP contribution is 2.33. The Balaban J connectivity index is 1.58. The van der Waals surface area contributed by atoms with E-state index >= 15 is 0 Å². The van der Waals surface area contributed by atoms with Crippen molar-refractivity contribution in [3.63, 3.8) is 0 Å². The minimum atomic E-state index is -0.878. The second-order valence-electron chi connectivity index (χ2n) is 7.28. The Labute approximate surface area is 157 Å². The van der Waals surface area contributed by atoms with E-state index in [9.17, 15) is 19.2 Å². The summed E-state index contributed by atoms with van der Waals surface area (Å²) in [6.45, 7) is 3.31. The first-order chi connectivity index (χ1) is 12.8. The van der Waals surface area contributed by atoms with Crippen molar-refractivity contribution in [3.05, 3.63) is 29.3 Å². The van der Waals surface area contributed by atoms with Crippen LogP contribution in [0.2, 0.25) is 0 Å². The van der Waals surface area contributed by atoms with E-state index in [1.807, 2.05) is 26.0 Å². The number of amides is 6. The van der Waals surface area contributed by atoms with Gasteiger partial charge in [-0.05, 0) is 38.3 Å². The summed E-state index contributed by atoms with van der Waals surface area (Å²) in [7, 11) is 0. The molecule has 0 atom stereocenters. The van der Waals surface area contributed by atoms with E-state index in [-0.39, 0.29) is 5.91 Å². The van der Waals surface area contributed by atoms with E-state index in [0.717, 1.165) is 35.3 Å². The number of nitrogens with one attached hydrogen (secondary N) is 3. The monoisotopic (exact) mass is 372 g/mol. The van der Waals surface area contributed by atoms with Gasteiger partial charge in [0.2, 0.25) is 5.91 Å². The minimum absolute atomic E-state index is 0.378. The van der Waals surface area contributed by atoms with Crippen LogP contribution in [0.3, 0.4) is 0 Å². The number of carbonyl (C=O) groups excluding carboxylic acids is 4. The maximum atomic E-state index is 12.6. The zero-order valence-corrected chi connectivity index (χ0v) is 15.6. The number of nitrogens with zero attached hydrogens (tertiary/aromatic N) is 1. The van der Waals surface area contributed by atoms with Crippen molar-refractivity contribution in [1.82, 2.24) is 15.5 Å². The van der Waals surface area contributed by atoms with Crippen molar-refractivity contribution in [1.29, 1.82) is 0 Å². The molecule has 8 heteroatoms. The SMILES string of the molecule is Cc1ccc(NC(=O)NC(=O)CN2C(=O)NC3(CCCCC3)C2=O)c(C)c1. The molecule has 2 fully saturated rings. The van der Waals surface area contributed by atoms with Crippen LogP contribution in [0, 0.1) is 13.8 Å². The first-order valence-electron chi connectivity index (χ1n) is 9.13. The zero-order valence-electron chi connectivity index (χ0n) is 15.6. The van der Waals surface area contributed by atoms with Gasteiger partial charge in [-0.25, -0.2) is 9.59 Å². The number of anilines is 1. The van der Waals surface area contributed by atoms with E-state index in [1.165, 1.54) is 0 Å². The Morgan fingerprint density at radius 2 is 1.85 bits per heavy atom. The Kier molecular flexibility index (Phi) is 5.16. The van der Waals surface area contributed by atoms with Crippen molar-refractivity contribution in [2.45, 2.75) is 51.5 Å². The fourth-order valence-corrected chi connectivity index (χ4v) is 3.73. The summed E-state index contributed by atoms with van der Waals surface area (Å²) < 4.78 is 0. The maximum Gasteiger partial charge on any atom is 0.325 e. The largest absolute Gasteiger partial charge is 0.325 e. The van der Waals surface area contributed by atoms with Crippen LogP contribution in [0.1, 0.15) is 43.2 Å². The zero-order chi connectivity index (χ0) is 19.6. The van der Waals surface area contributed by atoms with E-state index in [1.54, 1.807) is 6.07 Å². The first kappa shape index (κ1) is 18.9. The summed E-state index contributed by atoms with van der Waals surface area (Å²) in [5, 5.41) is 7.50. The van der Waals surface area contributed by atoms with Crippen LogP contribution in [-0.2, 0) is 9.59 Å². The summed E-state index contributed by atoms with van der Waals surface area (Å²) in [4.78, 5) is 49.9. The number of benzene rings is 1. The second-order valence-corrected chi connectivity index (χ2v) is 7.28. The molecule has 1 aliphatic heterocycles. The topological polar surface area (TPSA) is 108 Å². The van der Waals surface area contributed by atoms with E-state index in [4.69, 9.17) is 0 Å². The Morgan fingerprint density at radius 1 is 1.15 bits per heavy atom. The lowest BCUT2D eigenvalue weighted by atomic mass is 9.82. The molecule has 0 aromatic heterocycles. The van der Waals surface area contributed by atoms with Gasteiger partial charge in [0.15, 0.2) is 0 Å². The lowest BCUT2D eigenvalue weighted by Gasteiger charge is -2.30. The number of hydrogen-bond donors (Lipinski definition) is 3. The van der Waals surface area contributed by atoms with Gasteiger partial charge in [-0.2, -0.15) is 0 Å². The van der Waals surface area contributed by atoms with Crippen molar-refractivity contribution >= 4 is 29.6 Å². The molecule has 6 amide bonds. The molecule has 1 aromatic rings. The molecule has 1 saturated carbocycles. The maximum absolute atomic E-state index is 12.6. The van der Waals surface area contributed by atoms with Gasteiger partial charge in [-0.1, -0.05) is 37.0 Å². The average molecular weight is 372 g/mol. The third-order valence-corrected chi connectivity index (χ3v) is 5.14. The fourth-order valence-electron chi connectivity index (χ4n) is 3.73. The summed E-state index contributed by atoms with van der Waals surface area (Å²) in [5.74, 6) is -1.09. The van der Waals surface area contributed by atoms with Crippen LogP contribution in [0.25, 0.3) is 0 Å². The lowest BCUT2D eigenvalue weighted by molar-refractivity contribution is -0.135. The third-order valence-electron chi connectivity index (χ3n) is 5.14. The van der Waals surface area contributed by atoms with E-state index in [2.05, 4.69) is 16.0 Å². The highest BCUT2D eigenvalue weighted by Gasteiger charge is 2.51. The van der Waals surface area contributed by atoms with Crippen LogP contribution in [0.4, 0.5) is 15.3 Å². The van der Waals surface area contributed by atoms with Crippen molar-refractivity contribution < 1.29 is 19.2 Å². The van der Waals surface area contributed by atoms with Crippen molar-refractivity contribution in [2.24, 2.45) is 0 Å². The highest BCUT2D eigenvalue weighted by atomic mass is 16.2. The normalized spacial score (nSPS) is 18.4. The molecule has 0 unspecified atom stereocenters. The number of aryl methyl sites for hydroxylation is 2. The molecule has 27 heavy (non-hydrogen) atoms. The predicted octanol–water partition coefficient (Wildman–Crippen LogP) is 2.21. The molecular formula is C19H24N4O4. The summed E-state index contributed by atoms with van der Waals surface area (Å²) in [6, 6.07) is 4.23. The van der Waals surface area contributed by atoms with Crippen LogP contribution in [0.15, 0.2) is 18.2 Å². The number of imide groups is 2. The first-order valence-corrected chi connectivity index (χ1v) is 9.13. The van der Waals surface area contributed by atoms with E-state index < -0.39 is 30.1 Å². The Morgan fingerprint density at radius 3 is 2.52 bits per heavy atom. The predicted molar refractivity (Wildman–Crippen MR) is 99.1 cm³/mol. The molecule has 2 aliphatic rings. The Bertz CT molecular complexity index is 799. The molecule has 1 saturated heterocycles. The molecule has 144 valence electrons. The highest BCUT2D eigenvalue weighted by molar-refractivity contribution is 6.10. The van der Waals surface area contributed by atoms with Gasteiger partial charge in [-0.3, -0.25) is 19.8 Å². The summed E-state index contributed by atoms with van der Waals surface area (Å²) >= 11 is 0.